The monoisotopic (exact) mass is 162 g/mol. The van der Waals surface area contributed by atoms with E-state index in [-0.39, 0.29) is 0 Å². The smallest absolute Gasteiger partial charge is 0.0314 e. The van der Waals surface area contributed by atoms with E-state index < -0.39 is 0 Å². The van der Waals surface area contributed by atoms with Crippen LogP contribution in [0.25, 0.3) is 0 Å². The number of hydrogen-bond donors (Lipinski definition) is 0. The summed E-state index contributed by atoms with van der Waals surface area (Å²) in [4.78, 5) is 0. The largest absolute Gasteiger partial charge is 0.0885 e. The highest BCUT2D eigenvalue weighted by Crippen LogP contribution is 2.33. The molecule has 12 heavy (non-hydrogen) atoms. The van der Waals surface area contributed by atoms with Gasteiger partial charge >= 0.3 is 0 Å². The summed E-state index contributed by atoms with van der Waals surface area (Å²) in [5.41, 5.74) is 0. The molecule has 0 aliphatic heterocycles. The van der Waals surface area contributed by atoms with Crippen LogP contribution in [-0.2, 0) is 0 Å². The first-order valence-electron chi connectivity index (χ1n) is 5.27. The molecule has 0 saturated heterocycles. The molecule has 2 aliphatic rings. The number of fused-ring (bicyclic) bond motifs is 1. The molecule has 0 aromatic rings. The summed E-state index contributed by atoms with van der Waals surface area (Å²) >= 11 is 0. The lowest BCUT2D eigenvalue weighted by atomic mass is 9.77. The minimum absolute atomic E-state index is 0.964. The van der Waals surface area contributed by atoms with Crippen molar-refractivity contribution in [2.45, 2.75) is 38.5 Å². The molecule has 0 aromatic heterocycles. The van der Waals surface area contributed by atoms with Crippen LogP contribution in [-0.4, -0.2) is 0 Å². The Morgan fingerprint density at radius 2 is 1.42 bits per heavy atom. The Morgan fingerprint density at radius 1 is 0.750 bits per heavy atom. The van der Waals surface area contributed by atoms with E-state index in [1.165, 1.54) is 38.5 Å². The van der Waals surface area contributed by atoms with Gasteiger partial charge in [-0.1, -0.05) is 24.3 Å². The highest BCUT2D eigenvalue weighted by atomic mass is 14.3. The summed E-state index contributed by atoms with van der Waals surface area (Å²) in [5, 5.41) is 0. The van der Waals surface area contributed by atoms with E-state index in [0.29, 0.717) is 0 Å². The average Bonchev–Trinajstić information content (AvgIpc) is 2.06. The molecule has 0 nitrogen and oxygen atoms in total. The minimum Gasteiger partial charge on any atom is -0.0885 e. The molecule has 2 atom stereocenters. The zero-order valence-corrected chi connectivity index (χ0v) is 7.71. The molecular formula is C12H18. The van der Waals surface area contributed by atoms with Gasteiger partial charge in [0.15, 0.2) is 0 Å². The summed E-state index contributed by atoms with van der Waals surface area (Å²) in [6, 6.07) is 0. The second-order valence-corrected chi connectivity index (χ2v) is 4.10. The third-order valence-electron chi connectivity index (χ3n) is 3.26. The first-order chi connectivity index (χ1) is 5.97. The standard InChI is InChI=1S/C12H18/c1-2-4-8-12-10-6-5-9-11(12)7-3-1/h1,3,5-6,11-12H,2,4,7-10H2. The Morgan fingerprint density at radius 3 is 2.25 bits per heavy atom. The van der Waals surface area contributed by atoms with Crippen LogP contribution in [0.3, 0.4) is 0 Å². The van der Waals surface area contributed by atoms with Crippen molar-refractivity contribution in [3.63, 3.8) is 0 Å². The third kappa shape index (κ3) is 1.80. The summed E-state index contributed by atoms with van der Waals surface area (Å²) in [6.45, 7) is 0. The third-order valence-corrected chi connectivity index (χ3v) is 3.26. The van der Waals surface area contributed by atoms with E-state index in [2.05, 4.69) is 24.3 Å². The summed E-state index contributed by atoms with van der Waals surface area (Å²) < 4.78 is 0. The summed E-state index contributed by atoms with van der Waals surface area (Å²) in [5.74, 6) is 1.96. The van der Waals surface area contributed by atoms with Crippen molar-refractivity contribution in [3.05, 3.63) is 24.3 Å². The van der Waals surface area contributed by atoms with E-state index >= 15 is 0 Å². The summed E-state index contributed by atoms with van der Waals surface area (Å²) in [7, 11) is 0. The fourth-order valence-corrected chi connectivity index (χ4v) is 2.46. The van der Waals surface area contributed by atoms with Crippen molar-refractivity contribution >= 4 is 0 Å². The van der Waals surface area contributed by atoms with Crippen molar-refractivity contribution < 1.29 is 0 Å². The van der Waals surface area contributed by atoms with Crippen molar-refractivity contribution in [2.24, 2.45) is 11.8 Å². The van der Waals surface area contributed by atoms with Crippen LogP contribution < -0.4 is 0 Å². The van der Waals surface area contributed by atoms with Crippen LogP contribution in [0.5, 0.6) is 0 Å². The topological polar surface area (TPSA) is 0 Å². The molecular weight excluding hydrogens is 144 g/mol. The molecule has 0 amide bonds. The second kappa shape index (κ2) is 3.93. The van der Waals surface area contributed by atoms with Crippen molar-refractivity contribution in [3.8, 4) is 0 Å². The SMILES string of the molecule is C1=CCC2CC=CCC2CCC1. The van der Waals surface area contributed by atoms with Gasteiger partial charge in [0.2, 0.25) is 0 Å². The predicted molar refractivity (Wildman–Crippen MR) is 53.0 cm³/mol. The molecule has 0 saturated carbocycles. The molecule has 0 radical (unpaired) electrons. The maximum atomic E-state index is 2.40. The van der Waals surface area contributed by atoms with Crippen LogP contribution in [0.2, 0.25) is 0 Å². The van der Waals surface area contributed by atoms with Crippen LogP contribution >= 0.6 is 0 Å². The van der Waals surface area contributed by atoms with E-state index in [4.69, 9.17) is 0 Å². The Hall–Kier alpha value is -0.520. The molecule has 0 N–H and O–H groups in total. The molecule has 0 fully saturated rings. The second-order valence-electron chi connectivity index (χ2n) is 4.10. The van der Waals surface area contributed by atoms with Crippen LogP contribution in [0.4, 0.5) is 0 Å². The fourth-order valence-electron chi connectivity index (χ4n) is 2.46. The molecule has 2 unspecified atom stereocenters. The van der Waals surface area contributed by atoms with Gasteiger partial charge in [-0.05, 0) is 50.4 Å². The van der Waals surface area contributed by atoms with Gasteiger partial charge in [0.25, 0.3) is 0 Å². The fraction of sp³-hybridized carbons (Fsp3) is 0.667. The Kier molecular flexibility index (Phi) is 2.65. The molecule has 0 bridgehead atoms. The van der Waals surface area contributed by atoms with Crippen LogP contribution in [0, 0.1) is 11.8 Å². The number of allylic oxidation sites excluding steroid dienone is 4. The minimum atomic E-state index is 0.964. The molecule has 0 heterocycles. The van der Waals surface area contributed by atoms with Gasteiger partial charge in [0.1, 0.15) is 0 Å². The normalized spacial score (nSPS) is 35.3. The molecule has 2 aliphatic carbocycles. The lowest BCUT2D eigenvalue weighted by Crippen LogP contribution is -2.17. The van der Waals surface area contributed by atoms with Crippen molar-refractivity contribution in [2.75, 3.05) is 0 Å². The predicted octanol–water partition coefficient (Wildman–Crippen LogP) is 3.70. The van der Waals surface area contributed by atoms with Gasteiger partial charge in [-0.3, -0.25) is 0 Å². The van der Waals surface area contributed by atoms with E-state index in [1.54, 1.807) is 0 Å². The van der Waals surface area contributed by atoms with Gasteiger partial charge in [-0.15, -0.1) is 0 Å². The lowest BCUT2D eigenvalue weighted by Gasteiger charge is -2.28. The number of rotatable bonds is 0. The maximum absolute atomic E-state index is 2.40. The van der Waals surface area contributed by atoms with Gasteiger partial charge in [0, 0.05) is 0 Å². The highest BCUT2D eigenvalue weighted by molar-refractivity contribution is 4.98. The Bertz CT molecular complexity index is 188. The average molecular weight is 162 g/mol. The zero-order chi connectivity index (χ0) is 8.23. The van der Waals surface area contributed by atoms with E-state index in [9.17, 15) is 0 Å². The van der Waals surface area contributed by atoms with Gasteiger partial charge in [-0.2, -0.15) is 0 Å². The Balaban J connectivity index is 2.02. The first kappa shape index (κ1) is 8.10. The van der Waals surface area contributed by atoms with E-state index in [0.717, 1.165) is 11.8 Å². The van der Waals surface area contributed by atoms with Crippen LogP contribution in [0.15, 0.2) is 24.3 Å². The molecule has 0 heteroatoms. The van der Waals surface area contributed by atoms with E-state index in [1.807, 2.05) is 0 Å². The van der Waals surface area contributed by atoms with Gasteiger partial charge < -0.3 is 0 Å². The Labute approximate surface area is 75.4 Å². The highest BCUT2D eigenvalue weighted by Gasteiger charge is 2.21. The number of hydrogen-bond acceptors (Lipinski definition) is 0. The lowest BCUT2D eigenvalue weighted by molar-refractivity contribution is 0.296. The quantitative estimate of drug-likeness (QED) is 0.476. The van der Waals surface area contributed by atoms with Crippen LogP contribution in [0.1, 0.15) is 38.5 Å². The van der Waals surface area contributed by atoms with Gasteiger partial charge in [-0.25, -0.2) is 0 Å². The van der Waals surface area contributed by atoms with Gasteiger partial charge in [0.05, 0.1) is 0 Å². The first-order valence-corrected chi connectivity index (χ1v) is 5.27. The summed E-state index contributed by atoms with van der Waals surface area (Å²) in [6.07, 6.45) is 17.7. The molecule has 2 rings (SSSR count). The maximum Gasteiger partial charge on any atom is -0.0314 e. The van der Waals surface area contributed by atoms with Crippen molar-refractivity contribution in [1.82, 2.24) is 0 Å². The zero-order valence-electron chi connectivity index (χ0n) is 7.71. The molecule has 0 aromatic carbocycles. The molecule has 0 spiro atoms. The van der Waals surface area contributed by atoms with Crippen molar-refractivity contribution in [1.29, 1.82) is 0 Å². The molecule has 66 valence electrons.